The van der Waals surface area contributed by atoms with Crippen LogP contribution in [0.2, 0.25) is 0 Å². The zero-order valence-corrected chi connectivity index (χ0v) is 20.5. The standard InChI is InChI=1S/C30H30N4O2/c35-29-23-24(26(32-29)22-15-19-7-3-11-34-12-4-8-20(16-22)28(19)34)30(36)31-25(23)21-13-17-5-1-9-33-10-2-6-18(14-21)27(17)33/h13-16H,1-12H2,(H,31,36)(H,32,35). The van der Waals surface area contributed by atoms with Gasteiger partial charge in [0.1, 0.15) is 0 Å². The third-order valence-corrected chi connectivity index (χ3v) is 8.92. The number of benzene rings is 2. The summed E-state index contributed by atoms with van der Waals surface area (Å²) in [5.41, 5.74) is 12.5. The van der Waals surface area contributed by atoms with E-state index >= 15 is 0 Å². The van der Waals surface area contributed by atoms with Gasteiger partial charge in [0, 0.05) is 37.6 Å². The number of fused-ring (bicyclic) bond motifs is 1. The molecule has 0 fully saturated rings. The average molecular weight is 479 g/mol. The summed E-state index contributed by atoms with van der Waals surface area (Å²) in [4.78, 5) is 31.8. The van der Waals surface area contributed by atoms with Crippen molar-refractivity contribution in [1.29, 1.82) is 0 Å². The third kappa shape index (κ3) is 2.84. The summed E-state index contributed by atoms with van der Waals surface area (Å²) in [5.74, 6) is -0.344. The lowest BCUT2D eigenvalue weighted by molar-refractivity contribution is -0.117. The van der Waals surface area contributed by atoms with Gasteiger partial charge in [-0.2, -0.15) is 0 Å². The molecule has 0 saturated heterocycles. The van der Waals surface area contributed by atoms with Crippen LogP contribution in [0.4, 0.5) is 11.4 Å². The van der Waals surface area contributed by atoms with E-state index in [1.54, 1.807) is 0 Å². The van der Waals surface area contributed by atoms with Crippen LogP contribution in [-0.2, 0) is 35.3 Å². The highest BCUT2D eigenvalue weighted by Crippen LogP contribution is 2.43. The van der Waals surface area contributed by atoms with Gasteiger partial charge in [-0.15, -0.1) is 0 Å². The molecule has 0 unspecified atom stereocenters. The van der Waals surface area contributed by atoms with E-state index in [0.717, 1.165) is 88.7 Å². The van der Waals surface area contributed by atoms with E-state index < -0.39 is 0 Å². The summed E-state index contributed by atoms with van der Waals surface area (Å²) in [6.07, 6.45) is 8.83. The Labute approximate surface area is 211 Å². The molecule has 2 aromatic carbocycles. The Hall–Kier alpha value is -3.54. The second kappa shape index (κ2) is 7.48. The lowest BCUT2D eigenvalue weighted by atomic mass is 9.88. The van der Waals surface area contributed by atoms with Gasteiger partial charge in [-0.1, -0.05) is 0 Å². The second-order valence-electron chi connectivity index (χ2n) is 11.1. The maximum absolute atomic E-state index is 13.4. The molecule has 36 heavy (non-hydrogen) atoms. The minimum atomic E-state index is -0.172. The summed E-state index contributed by atoms with van der Waals surface area (Å²) in [6, 6.07) is 8.85. The van der Waals surface area contributed by atoms with E-state index in [1.807, 2.05) is 0 Å². The largest absolute Gasteiger partial charge is 0.371 e. The molecule has 2 N–H and O–H groups in total. The molecule has 0 bridgehead atoms. The number of amides is 2. The molecule has 6 heteroatoms. The first-order chi connectivity index (χ1) is 17.7. The van der Waals surface area contributed by atoms with E-state index in [0.29, 0.717) is 22.5 Å². The number of aryl methyl sites for hydroxylation is 4. The van der Waals surface area contributed by atoms with Gasteiger partial charge >= 0.3 is 0 Å². The first kappa shape index (κ1) is 20.6. The number of hydrogen-bond acceptors (Lipinski definition) is 4. The van der Waals surface area contributed by atoms with Gasteiger partial charge in [0.05, 0.1) is 22.5 Å². The number of carbonyl (C=O) groups is 2. The number of anilines is 2. The zero-order valence-electron chi connectivity index (χ0n) is 20.5. The molecule has 0 saturated carbocycles. The van der Waals surface area contributed by atoms with Crippen LogP contribution in [0.25, 0.3) is 11.4 Å². The van der Waals surface area contributed by atoms with Gasteiger partial charge in [0.2, 0.25) is 0 Å². The van der Waals surface area contributed by atoms with Crippen LogP contribution in [0.5, 0.6) is 0 Å². The fourth-order valence-electron chi connectivity index (χ4n) is 7.51. The van der Waals surface area contributed by atoms with Crippen molar-refractivity contribution in [2.45, 2.75) is 51.4 Å². The first-order valence-electron chi connectivity index (χ1n) is 13.6. The fourth-order valence-corrected chi connectivity index (χ4v) is 7.51. The van der Waals surface area contributed by atoms with Crippen LogP contribution in [0, 0.1) is 0 Å². The van der Waals surface area contributed by atoms with E-state index in [2.05, 4.69) is 44.7 Å². The maximum Gasteiger partial charge on any atom is 0.258 e. The van der Waals surface area contributed by atoms with Crippen LogP contribution in [0.3, 0.4) is 0 Å². The van der Waals surface area contributed by atoms with Gasteiger partial charge in [-0.3, -0.25) is 9.59 Å². The highest BCUT2D eigenvalue weighted by molar-refractivity contribution is 6.30. The van der Waals surface area contributed by atoms with E-state index in [1.165, 1.54) is 33.6 Å². The van der Waals surface area contributed by atoms with E-state index in [9.17, 15) is 9.59 Å². The van der Waals surface area contributed by atoms with Crippen molar-refractivity contribution in [1.82, 2.24) is 10.6 Å². The zero-order chi connectivity index (χ0) is 24.0. The van der Waals surface area contributed by atoms with Gasteiger partial charge in [-0.25, -0.2) is 0 Å². The second-order valence-corrected chi connectivity index (χ2v) is 11.1. The summed E-state index contributed by atoms with van der Waals surface area (Å²) in [6.45, 7) is 4.51. The molecule has 2 aromatic rings. The van der Waals surface area contributed by atoms with Crippen LogP contribution < -0.4 is 20.4 Å². The third-order valence-electron chi connectivity index (χ3n) is 8.92. The molecule has 6 aliphatic heterocycles. The van der Waals surface area contributed by atoms with Gasteiger partial charge in [0.25, 0.3) is 11.8 Å². The number of nitrogens with zero attached hydrogens (tertiary/aromatic N) is 2. The number of rotatable bonds is 2. The fraction of sp³-hybridized carbons (Fsp3) is 0.400. The molecule has 0 spiro atoms. The van der Waals surface area contributed by atoms with Gasteiger partial charge in [0.15, 0.2) is 0 Å². The molecule has 0 aliphatic carbocycles. The average Bonchev–Trinajstić information content (AvgIpc) is 3.42. The minimum Gasteiger partial charge on any atom is -0.371 e. The highest BCUT2D eigenvalue weighted by Gasteiger charge is 2.42. The van der Waals surface area contributed by atoms with Gasteiger partial charge in [-0.05, 0) is 109 Å². The lowest BCUT2D eigenvalue weighted by Gasteiger charge is -2.37. The van der Waals surface area contributed by atoms with Gasteiger partial charge < -0.3 is 20.4 Å². The maximum atomic E-state index is 13.4. The van der Waals surface area contributed by atoms with E-state index in [-0.39, 0.29) is 11.8 Å². The Morgan fingerprint density at radius 3 is 1.19 bits per heavy atom. The Morgan fingerprint density at radius 2 is 0.861 bits per heavy atom. The molecular weight excluding hydrogens is 448 g/mol. The van der Waals surface area contributed by atoms with Crippen molar-refractivity contribution in [3.05, 3.63) is 68.8 Å². The minimum absolute atomic E-state index is 0.172. The smallest absolute Gasteiger partial charge is 0.258 e. The molecule has 6 heterocycles. The molecular formula is C30H30N4O2. The quantitative estimate of drug-likeness (QED) is 0.694. The normalized spacial score (nSPS) is 21.9. The van der Waals surface area contributed by atoms with Crippen LogP contribution in [0.15, 0.2) is 35.4 Å². The Bertz CT molecular complexity index is 1280. The van der Waals surface area contributed by atoms with Crippen molar-refractivity contribution < 1.29 is 9.59 Å². The number of carbonyl (C=O) groups excluding carboxylic acids is 2. The summed E-state index contributed by atoms with van der Waals surface area (Å²) in [5, 5.41) is 6.20. The highest BCUT2D eigenvalue weighted by atomic mass is 16.2. The van der Waals surface area contributed by atoms with Crippen molar-refractivity contribution >= 4 is 34.6 Å². The number of hydrogen-bond donors (Lipinski definition) is 2. The van der Waals surface area contributed by atoms with E-state index in [4.69, 9.17) is 0 Å². The van der Waals surface area contributed by atoms with Crippen molar-refractivity contribution in [3.8, 4) is 0 Å². The van der Waals surface area contributed by atoms with Crippen molar-refractivity contribution in [3.63, 3.8) is 0 Å². The lowest BCUT2D eigenvalue weighted by Crippen LogP contribution is -2.34. The number of nitrogens with one attached hydrogen (secondary N) is 2. The summed E-state index contributed by atoms with van der Waals surface area (Å²) < 4.78 is 0. The molecule has 0 aromatic heterocycles. The Balaban J connectivity index is 1.27. The SMILES string of the molecule is O=C1NC(c2cc3c4c(c2)CCCN4CCC3)=C2C(=O)NC(c3cc4c5c(c3)CCCN5CCC4)=C12. The molecule has 8 rings (SSSR count). The predicted molar refractivity (Wildman–Crippen MR) is 141 cm³/mol. The Kier molecular flexibility index (Phi) is 4.29. The van der Waals surface area contributed by atoms with Crippen LogP contribution >= 0.6 is 0 Å². The van der Waals surface area contributed by atoms with Crippen molar-refractivity contribution in [2.24, 2.45) is 0 Å². The molecule has 6 nitrogen and oxygen atoms in total. The Morgan fingerprint density at radius 1 is 0.528 bits per heavy atom. The molecule has 0 atom stereocenters. The molecule has 6 aliphatic rings. The summed E-state index contributed by atoms with van der Waals surface area (Å²) >= 11 is 0. The first-order valence-corrected chi connectivity index (χ1v) is 13.6. The molecule has 0 radical (unpaired) electrons. The predicted octanol–water partition coefficient (Wildman–Crippen LogP) is 3.47. The van der Waals surface area contributed by atoms with Crippen molar-refractivity contribution in [2.75, 3.05) is 36.0 Å². The van der Waals surface area contributed by atoms with Crippen LogP contribution in [-0.4, -0.2) is 38.0 Å². The molecule has 182 valence electrons. The monoisotopic (exact) mass is 478 g/mol. The van der Waals surface area contributed by atoms with Crippen LogP contribution in [0.1, 0.15) is 59.1 Å². The molecule has 2 amide bonds. The topological polar surface area (TPSA) is 64.7 Å². The summed E-state index contributed by atoms with van der Waals surface area (Å²) in [7, 11) is 0.